The largest absolute Gasteiger partial charge is 0.489 e. The van der Waals surface area contributed by atoms with Gasteiger partial charge in [0, 0.05) is 24.1 Å². The zero-order valence-corrected chi connectivity index (χ0v) is 20.0. The monoisotopic (exact) mass is 485 g/mol. The number of aliphatic carboxylic acids is 1. The van der Waals surface area contributed by atoms with Crippen molar-refractivity contribution in [1.29, 1.82) is 0 Å². The number of rotatable bonds is 8. The molecule has 5 nitrogen and oxygen atoms in total. The van der Waals surface area contributed by atoms with Crippen molar-refractivity contribution in [2.75, 3.05) is 13.2 Å². The van der Waals surface area contributed by atoms with E-state index in [1.807, 2.05) is 30.3 Å². The van der Waals surface area contributed by atoms with Crippen molar-refractivity contribution in [3.8, 4) is 11.5 Å². The molecule has 36 heavy (non-hydrogen) atoms. The van der Waals surface area contributed by atoms with Crippen LogP contribution in [0.5, 0.6) is 11.5 Å². The SMILES string of the molecule is C[C@@H](NCC1CC(c2ccc(OCC(=O)O)c(F)c2)c2ccccc2O1)c1cccc2ccccc12. The third-order valence-electron chi connectivity index (χ3n) is 6.74. The van der Waals surface area contributed by atoms with E-state index in [2.05, 4.69) is 48.6 Å². The summed E-state index contributed by atoms with van der Waals surface area (Å²) in [5, 5.41) is 14.9. The molecule has 0 bridgehead atoms. The highest BCUT2D eigenvalue weighted by Gasteiger charge is 2.30. The first-order valence-electron chi connectivity index (χ1n) is 12.1. The second kappa shape index (κ2) is 10.4. The first-order chi connectivity index (χ1) is 17.5. The summed E-state index contributed by atoms with van der Waals surface area (Å²) in [6, 6.07) is 27.4. The fraction of sp³-hybridized carbons (Fsp3) is 0.233. The molecule has 0 amide bonds. The molecule has 1 aliphatic rings. The molecule has 1 heterocycles. The van der Waals surface area contributed by atoms with Crippen molar-refractivity contribution in [2.45, 2.75) is 31.4 Å². The molecule has 184 valence electrons. The van der Waals surface area contributed by atoms with Crippen molar-refractivity contribution >= 4 is 16.7 Å². The van der Waals surface area contributed by atoms with Gasteiger partial charge in [-0.2, -0.15) is 0 Å². The van der Waals surface area contributed by atoms with E-state index in [-0.39, 0.29) is 23.8 Å². The van der Waals surface area contributed by atoms with E-state index in [1.54, 1.807) is 6.07 Å². The minimum Gasteiger partial charge on any atom is -0.489 e. The number of carboxylic acids is 1. The van der Waals surface area contributed by atoms with E-state index >= 15 is 0 Å². The predicted molar refractivity (Wildman–Crippen MR) is 137 cm³/mol. The summed E-state index contributed by atoms with van der Waals surface area (Å²) < 4.78 is 26.1. The number of carboxylic acid groups (broad SMARTS) is 1. The first kappa shape index (κ1) is 23.8. The fourth-order valence-electron chi connectivity index (χ4n) is 4.97. The summed E-state index contributed by atoms with van der Waals surface area (Å²) in [5.74, 6) is -1.05. The molecule has 4 aromatic carbocycles. The highest BCUT2D eigenvalue weighted by atomic mass is 19.1. The maximum Gasteiger partial charge on any atom is 0.341 e. The first-order valence-corrected chi connectivity index (χ1v) is 12.1. The van der Waals surface area contributed by atoms with Crippen LogP contribution in [0, 0.1) is 5.82 Å². The molecule has 0 spiro atoms. The van der Waals surface area contributed by atoms with Gasteiger partial charge in [0.15, 0.2) is 18.2 Å². The van der Waals surface area contributed by atoms with Crippen LogP contribution in [0.3, 0.4) is 0 Å². The van der Waals surface area contributed by atoms with Crippen LogP contribution in [0.4, 0.5) is 4.39 Å². The lowest BCUT2D eigenvalue weighted by atomic mass is 9.84. The molecular formula is C30H28FNO4. The fourth-order valence-corrected chi connectivity index (χ4v) is 4.97. The van der Waals surface area contributed by atoms with Crippen LogP contribution in [0.1, 0.15) is 42.0 Å². The van der Waals surface area contributed by atoms with Crippen LogP contribution in [-0.2, 0) is 4.79 Å². The standard InChI is InChI=1S/C30H28FNO4/c1-19(23-11-6-8-20-7-2-3-9-24(20)23)32-17-22-16-26(25-10-4-5-12-28(25)36-22)21-13-14-29(27(31)15-21)35-18-30(33)34/h2-15,19,22,26,32H,16-18H2,1H3,(H,33,34)/t19-,22?,26?/m1/s1. The number of fused-ring (bicyclic) bond motifs is 2. The Morgan fingerprint density at radius 1 is 1.08 bits per heavy atom. The van der Waals surface area contributed by atoms with E-state index in [9.17, 15) is 9.18 Å². The number of hydrogen-bond donors (Lipinski definition) is 2. The highest BCUT2D eigenvalue weighted by Crippen LogP contribution is 2.41. The number of para-hydroxylation sites is 1. The van der Waals surface area contributed by atoms with Gasteiger partial charge in [0.25, 0.3) is 0 Å². The molecule has 3 atom stereocenters. The summed E-state index contributed by atoms with van der Waals surface area (Å²) in [7, 11) is 0. The van der Waals surface area contributed by atoms with Crippen molar-refractivity contribution in [3.05, 3.63) is 107 Å². The summed E-state index contributed by atoms with van der Waals surface area (Å²) in [6.07, 6.45) is 0.578. The lowest BCUT2D eigenvalue weighted by Gasteiger charge is -2.33. The zero-order chi connectivity index (χ0) is 25.1. The second-order valence-electron chi connectivity index (χ2n) is 9.14. The molecule has 0 aromatic heterocycles. The topological polar surface area (TPSA) is 67.8 Å². The van der Waals surface area contributed by atoms with Crippen LogP contribution in [0.25, 0.3) is 10.8 Å². The Bertz CT molecular complexity index is 1380. The minimum absolute atomic E-state index is 0.0577. The van der Waals surface area contributed by atoms with Gasteiger partial charge in [-0.1, -0.05) is 66.7 Å². The molecule has 6 heteroatoms. The van der Waals surface area contributed by atoms with Crippen LogP contribution in [-0.4, -0.2) is 30.3 Å². The third kappa shape index (κ3) is 5.04. The van der Waals surface area contributed by atoms with E-state index in [0.29, 0.717) is 13.0 Å². The third-order valence-corrected chi connectivity index (χ3v) is 6.74. The van der Waals surface area contributed by atoms with Gasteiger partial charge in [-0.3, -0.25) is 0 Å². The molecule has 0 aliphatic carbocycles. The van der Waals surface area contributed by atoms with Gasteiger partial charge >= 0.3 is 5.97 Å². The summed E-state index contributed by atoms with van der Waals surface area (Å²) >= 11 is 0. The number of hydrogen-bond acceptors (Lipinski definition) is 4. The highest BCUT2D eigenvalue weighted by molar-refractivity contribution is 5.86. The van der Waals surface area contributed by atoms with Gasteiger partial charge in [0.1, 0.15) is 11.9 Å². The Morgan fingerprint density at radius 2 is 1.86 bits per heavy atom. The molecule has 0 saturated carbocycles. The van der Waals surface area contributed by atoms with Crippen molar-refractivity contribution in [1.82, 2.24) is 5.32 Å². The Labute approximate surface area is 209 Å². The maximum atomic E-state index is 14.7. The number of carbonyl (C=O) groups is 1. The van der Waals surface area contributed by atoms with E-state index in [0.717, 1.165) is 16.9 Å². The molecule has 1 aliphatic heterocycles. The van der Waals surface area contributed by atoms with E-state index in [4.69, 9.17) is 14.6 Å². The van der Waals surface area contributed by atoms with Gasteiger partial charge < -0.3 is 19.9 Å². The Morgan fingerprint density at radius 3 is 2.69 bits per heavy atom. The smallest absolute Gasteiger partial charge is 0.341 e. The number of benzene rings is 4. The van der Waals surface area contributed by atoms with Gasteiger partial charge in [-0.15, -0.1) is 0 Å². The Kier molecular flexibility index (Phi) is 6.87. The number of ether oxygens (including phenoxy) is 2. The molecule has 4 aromatic rings. The summed E-state index contributed by atoms with van der Waals surface area (Å²) in [4.78, 5) is 10.8. The lowest BCUT2D eigenvalue weighted by Crippen LogP contribution is -2.37. The van der Waals surface area contributed by atoms with E-state index < -0.39 is 18.4 Å². The molecule has 0 saturated heterocycles. The van der Waals surface area contributed by atoms with Crippen molar-refractivity contribution in [3.63, 3.8) is 0 Å². The minimum atomic E-state index is -1.15. The van der Waals surface area contributed by atoms with Crippen LogP contribution >= 0.6 is 0 Å². The number of halogens is 1. The Balaban J connectivity index is 1.34. The van der Waals surface area contributed by atoms with Gasteiger partial charge in [0.2, 0.25) is 0 Å². The molecular weight excluding hydrogens is 457 g/mol. The molecule has 2 N–H and O–H groups in total. The maximum absolute atomic E-state index is 14.7. The van der Waals surface area contributed by atoms with Crippen molar-refractivity contribution < 1.29 is 23.8 Å². The normalized spacial score (nSPS) is 17.7. The summed E-state index contributed by atoms with van der Waals surface area (Å²) in [5.41, 5.74) is 3.05. The van der Waals surface area contributed by atoms with Crippen molar-refractivity contribution in [2.24, 2.45) is 0 Å². The average Bonchev–Trinajstić information content (AvgIpc) is 2.90. The molecule has 0 fully saturated rings. The van der Waals surface area contributed by atoms with Crippen LogP contribution in [0.2, 0.25) is 0 Å². The van der Waals surface area contributed by atoms with Gasteiger partial charge in [0.05, 0.1) is 0 Å². The average molecular weight is 486 g/mol. The Hall–Kier alpha value is -3.90. The molecule has 2 unspecified atom stereocenters. The lowest BCUT2D eigenvalue weighted by molar-refractivity contribution is -0.139. The van der Waals surface area contributed by atoms with Crippen LogP contribution < -0.4 is 14.8 Å². The second-order valence-corrected chi connectivity index (χ2v) is 9.14. The number of nitrogens with one attached hydrogen (secondary N) is 1. The molecule has 5 rings (SSSR count). The zero-order valence-electron chi connectivity index (χ0n) is 20.0. The predicted octanol–water partition coefficient (Wildman–Crippen LogP) is 6.08. The van der Waals surface area contributed by atoms with Crippen LogP contribution in [0.15, 0.2) is 84.9 Å². The quantitative estimate of drug-likeness (QED) is 0.317. The summed E-state index contributed by atoms with van der Waals surface area (Å²) in [6.45, 7) is 2.21. The molecule has 0 radical (unpaired) electrons. The van der Waals surface area contributed by atoms with Gasteiger partial charge in [-0.05, 0) is 53.4 Å². The van der Waals surface area contributed by atoms with E-state index in [1.165, 1.54) is 28.5 Å². The van der Waals surface area contributed by atoms with Gasteiger partial charge in [-0.25, -0.2) is 9.18 Å².